The fourth-order valence-electron chi connectivity index (χ4n) is 5.29. The molecule has 2 aliphatic rings. The molecule has 4 heterocycles. The molecule has 0 saturated carbocycles. The average Bonchev–Trinajstić information content (AvgIpc) is 3.56. The summed E-state index contributed by atoms with van der Waals surface area (Å²) in [5.74, 6) is -0.150. The molecule has 0 amide bonds. The van der Waals surface area contributed by atoms with Gasteiger partial charge in [-0.25, -0.2) is 27.7 Å². The van der Waals surface area contributed by atoms with Gasteiger partial charge in [0.05, 0.1) is 29.9 Å². The predicted molar refractivity (Wildman–Crippen MR) is 144 cm³/mol. The maximum absolute atomic E-state index is 14.1. The molecule has 1 unspecified atom stereocenters. The van der Waals surface area contributed by atoms with Gasteiger partial charge in [-0.3, -0.25) is 4.90 Å². The summed E-state index contributed by atoms with van der Waals surface area (Å²) in [5, 5.41) is 12.7. The van der Waals surface area contributed by atoms with Gasteiger partial charge < -0.3 is 15.0 Å². The first kappa shape index (κ1) is 31.2. The highest BCUT2D eigenvalue weighted by atomic mass is 32.2. The minimum absolute atomic E-state index is 0.150. The Kier molecular flexibility index (Phi) is 8.45. The van der Waals surface area contributed by atoms with Gasteiger partial charge in [-0.1, -0.05) is 6.07 Å². The lowest BCUT2D eigenvalue weighted by Gasteiger charge is -2.30. The van der Waals surface area contributed by atoms with E-state index in [0.29, 0.717) is 44.1 Å². The van der Waals surface area contributed by atoms with Crippen molar-refractivity contribution in [3.05, 3.63) is 53.6 Å². The van der Waals surface area contributed by atoms with Crippen LogP contribution < -0.4 is 5.32 Å². The van der Waals surface area contributed by atoms with E-state index in [1.807, 2.05) is 4.90 Å². The molecule has 3 aromatic rings. The van der Waals surface area contributed by atoms with E-state index in [1.54, 1.807) is 0 Å². The molecular formula is C26H29F6N7O3S. The molecule has 2 N–H and O–H groups in total. The van der Waals surface area contributed by atoms with Crippen LogP contribution in [0.25, 0.3) is 17.1 Å². The number of halogens is 6. The number of likely N-dealkylation sites (tertiary alicyclic amines) is 1. The number of anilines is 1. The summed E-state index contributed by atoms with van der Waals surface area (Å²) >= 11 is 0. The second kappa shape index (κ2) is 11.7. The molecule has 17 heteroatoms. The SMILES string of the molecule is CS(=O)(=O)N1CCC(Nc2ncc(C(F)(F)F)c(-c3cn(-c4ccc(CN5CCC(O)C5)cc4C(F)(F)F)cn3)n2)CC1. The zero-order valence-electron chi connectivity index (χ0n) is 22.9. The Morgan fingerprint density at radius 2 is 1.70 bits per heavy atom. The number of rotatable bonds is 7. The molecule has 2 aromatic heterocycles. The van der Waals surface area contributed by atoms with Crippen molar-refractivity contribution in [2.24, 2.45) is 0 Å². The third kappa shape index (κ3) is 7.27. The monoisotopic (exact) mass is 633 g/mol. The molecule has 0 radical (unpaired) electrons. The van der Waals surface area contributed by atoms with Crippen LogP contribution >= 0.6 is 0 Å². The number of nitrogens with one attached hydrogen (secondary N) is 1. The minimum atomic E-state index is -4.87. The smallest absolute Gasteiger partial charge is 0.392 e. The first-order chi connectivity index (χ1) is 20.1. The first-order valence-electron chi connectivity index (χ1n) is 13.4. The largest absolute Gasteiger partial charge is 0.420 e. The average molecular weight is 634 g/mol. The van der Waals surface area contributed by atoms with E-state index < -0.39 is 45.3 Å². The molecular weight excluding hydrogens is 604 g/mol. The second-order valence-electron chi connectivity index (χ2n) is 10.7. The maximum Gasteiger partial charge on any atom is 0.420 e. The molecule has 2 fully saturated rings. The van der Waals surface area contributed by atoms with Crippen molar-refractivity contribution in [2.45, 2.75) is 50.3 Å². The number of hydrogen-bond acceptors (Lipinski definition) is 8. The number of nitrogens with zero attached hydrogens (tertiary/aromatic N) is 6. The Hall–Kier alpha value is -3.28. The van der Waals surface area contributed by atoms with Gasteiger partial charge in [0, 0.05) is 51.2 Å². The first-order valence-corrected chi connectivity index (χ1v) is 15.2. The zero-order valence-corrected chi connectivity index (χ0v) is 23.7. The van der Waals surface area contributed by atoms with Crippen LogP contribution in [0.15, 0.2) is 36.9 Å². The van der Waals surface area contributed by atoms with Crippen molar-refractivity contribution in [2.75, 3.05) is 37.8 Å². The van der Waals surface area contributed by atoms with Gasteiger partial charge in [0.1, 0.15) is 17.0 Å². The van der Waals surface area contributed by atoms with Crippen molar-refractivity contribution < 1.29 is 39.9 Å². The number of sulfonamides is 1. The number of imidazole rings is 1. The van der Waals surface area contributed by atoms with Crippen LogP contribution in [0.1, 0.15) is 36.0 Å². The Balaban J connectivity index is 1.43. The fourth-order valence-corrected chi connectivity index (χ4v) is 6.17. The Morgan fingerprint density at radius 3 is 2.30 bits per heavy atom. The number of benzene rings is 1. The highest BCUT2D eigenvalue weighted by molar-refractivity contribution is 7.88. The molecule has 0 bridgehead atoms. The quantitative estimate of drug-likeness (QED) is 0.378. The van der Waals surface area contributed by atoms with Gasteiger partial charge in [-0.2, -0.15) is 26.3 Å². The molecule has 234 valence electrons. The summed E-state index contributed by atoms with van der Waals surface area (Å²) < 4.78 is 110. The molecule has 0 spiro atoms. The third-order valence-corrected chi connectivity index (χ3v) is 8.78. The molecule has 0 aliphatic carbocycles. The lowest BCUT2D eigenvalue weighted by atomic mass is 10.1. The molecule has 2 saturated heterocycles. The molecule has 10 nitrogen and oxygen atoms in total. The topological polar surface area (TPSA) is 116 Å². The Morgan fingerprint density at radius 1 is 1.00 bits per heavy atom. The van der Waals surface area contributed by atoms with Crippen molar-refractivity contribution in [3.63, 3.8) is 0 Å². The highest BCUT2D eigenvalue weighted by Crippen LogP contribution is 2.38. The normalized spacial score (nSPS) is 19.7. The molecule has 1 aromatic carbocycles. The lowest BCUT2D eigenvalue weighted by molar-refractivity contribution is -0.138. The number of aromatic nitrogens is 4. The second-order valence-corrected chi connectivity index (χ2v) is 12.7. The summed E-state index contributed by atoms with van der Waals surface area (Å²) in [4.78, 5) is 13.6. The van der Waals surface area contributed by atoms with Gasteiger partial charge in [0.25, 0.3) is 0 Å². The van der Waals surface area contributed by atoms with Crippen molar-refractivity contribution in [1.82, 2.24) is 28.7 Å². The van der Waals surface area contributed by atoms with Crippen LogP contribution in [0.5, 0.6) is 0 Å². The zero-order chi connectivity index (χ0) is 31.2. The van der Waals surface area contributed by atoms with Crippen molar-refractivity contribution in [3.8, 4) is 17.1 Å². The standard InChI is InChI=1S/C26H29F6N7O3S/c1-43(41,42)39-8-4-17(5-9-39)35-24-33-11-20(26(30,31)32)23(36-24)21-14-38(15-34-21)22-3-2-16(10-19(22)25(27,28)29)12-37-7-6-18(40)13-37/h2-3,10-11,14-15,17-18,40H,4-9,12-13H2,1H3,(H,33,35,36). The fraction of sp³-hybridized carbons (Fsp3) is 0.500. The van der Waals surface area contributed by atoms with Crippen LogP contribution in [-0.4, -0.2) is 86.8 Å². The maximum atomic E-state index is 14.1. The Labute approximate surface area is 243 Å². The van der Waals surface area contributed by atoms with Crippen LogP contribution in [0.4, 0.5) is 32.3 Å². The van der Waals surface area contributed by atoms with Crippen molar-refractivity contribution >= 4 is 16.0 Å². The van der Waals surface area contributed by atoms with Gasteiger partial charge in [0.2, 0.25) is 16.0 Å². The van der Waals surface area contributed by atoms with E-state index in [4.69, 9.17) is 0 Å². The van der Waals surface area contributed by atoms with E-state index in [2.05, 4.69) is 20.3 Å². The predicted octanol–water partition coefficient (Wildman–Crippen LogP) is 3.77. The van der Waals surface area contributed by atoms with Gasteiger partial charge in [0.15, 0.2) is 0 Å². The summed E-state index contributed by atoms with van der Waals surface area (Å²) in [7, 11) is -3.37. The van der Waals surface area contributed by atoms with E-state index in [9.17, 15) is 39.9 Å². The summed E-state index contributed by atoms with van der Waals surface area (Å²) in [6.45, 7) is 1.54. The molecule has 1 atom stereocenters. The van der Waals surface area contributed by atoms with E-state index in [1.165, 1.54) is 16.4 Å². The summed E-state index contributed by atoms with van der Waals surface area (Å²) in [6, 6.07) is 3.41. The summed E-state index contributed by atoms with van der Waals surface area (Å²) in [5.41, 5.74) is -3.08. The number of hydrogen-bond donors (Lipinski definition) is 2. The third-order valence-electron chi connectivity index (χ3n) is 7.47. The van der Waals surface area contributed by atoms with Gasteiger partial charge >= 0.3 is 12.4 Å². The molecule has 43 heavy (non-hydrogen) atoms. The summed E-state index contributed by atoms with van der Waals surface area (Å²) in [6.07, 6.45) is -5.18. The number of aliphatic hydroxyl groups is 1. The van der Waals surface area contributed by atoms with E-state index >= 15 is 0 Å². The van der Waals surface area contributed by atoms with Crippen LogP contribution in [-0.2, 0) is 28.9 Å². The molecule has 2 aliphatic heterocycles. The van der Waals surface area contributed by atoms with E-state index in [-0.39, 0.29) is 43.0 Å². The number of alkyl halides is 6. The minimum Gasteiger partial charge on any atom is -0.392 e. The van der Waals surface area contributed by atoms with Gasteiger partial charge in [-0.05, 0) is 37.0 Å². The van der Waals surface area contributed by atoms with Crippen LogP contribution in [0.2, 0.25) is 0 Å². The number of piperidine rings is 1. The number of β-amino-alcohol motifs (C(OH)–C–C–N with tert-alkyl or cyclic N) is 1. The molecule has 5 rings (SSSR count). The lowest BCUT2D eigenvalue weighted by Crippen LogP contribution is -2.42. The highest BCUT2D eigenvalue weighted by Gasteiger charge is 2.38. The van der Waals surface area contributed by atoms with Crippen molar-refractivity contribution in [1.29, 1.82) is 0 Å². The van der Waals surface area contributed by atoms with Crippen LogP contribution in [0, 0.1) is 0 Å². The van der Waals surface area contributed by atoms with Gasteiger partial charge in [-0.15, -0.1) is 0 Å². The van der Waals surface area contributed by atoms with Crippen LogP contribution in [0.3, 0.4) is 0 Å². The number of aliphatic hydroxyl groups excluding tert-OH is 1. The van der Waals surface area contributed by atoms with E-state index in [0.717, 1.165) is 29.4 Å². The Bertz CT molecular complexity index is 1570.